The first-order valence-electron chi connectivity index (χ1n) is 11.9. The number of alkyl halides is 3. The third-order valence-corrected chi connectivity index (χ3v) is 6.16. The molecule has 0 atom stereocenters. The molecule has 6 rings (SSSR count). The number of aromatic nitrogens is 6. The quantitative estimate of drug-likeness (QED) is 0.135. The van der Waals surface area contributed by atoms with Gasteiger partial charge in [0.1, 0.15) is 11.5 Å². The van der Waals surface area contributed by atoms with Crippen LogP contribution >= 0.6 is 15.9 Å². The number of methoxy groups -OCH3 is 1. The first kappa shape index (κ1) is 31.3. The number of carboxylic acid groups (broad SMARTS) is 3. The molecule has 14 nitrogen and oxygen atoms in total. The highest BCUT2D eigenvalue weighted by atomic mass is 79.9. The number of ether oxygens (including phenoxy) is 2. The van der Waals surface area contributed by atoms with Gasteiger partial charge in [-0.15, -0.1) is 13.2 Å². The molecule has 0 fully saturated rings. The number of carbonyl (C=O) groups is 3. The molecule has 6 N–H and O–H groups in total. The van der Waals surface area contributed by atoms with Crippen LogP contribution in [-0.2, 0) is 0 Å². The second-order valence-electron chi connectivity index (χ2n) is 8.49. The lowest BCUT2D eigenvalue weighted by Gasteiger charge is -2.08. The minimum absolute atomic E-state index is 0.0129. The van der Waals surface area contributed by atoms with Gasteiger partial charge in [0, 0.05) is 20.6 Å². The number of rotatable bonds is 5. The maximum absolute atomic E-state index is 12.0. The molecule has 228 valence electrons. The van der Waals surface area contributed by atoms with Crippen molar-refractivity contribution >= 4 is 66.5 Å². The molecule has 0 radical (unpaired) electrons. The molecular weight excluding hydrogens is 661 g/mol. The van der Waals surface area contributed by atoms with Gasteiger partial charge in [0.2, 0.25) is 0 Å². The summed E-state index contributed by atoms with van der Waals surface area (Å²) in [7, 11) is 1.53. The predicted molar refractivity (Wildman–Crippen MR) is 150 cm³/mol. The van der Waals surface area contributed by atoms with Crippen molar-refractivity contribution in [1.82, 2.24) is 30.6 Å². The minimum atomic E-state index is -4.82. The van der Waals surface area contributed by atoms with E-state index in [4.69, 9.17) is 20.1 Å². The number of nitrogens with zero attached hydrogens (tertiary/aromatic N) is 3. The fourth-order valence-electron chi connectivity index (χ4n) is 3.79. The van der Waals surface area contributed by atoms with Gasteiger partial charge in [-0.2, -0.15) is 15.3 Å². The van der Waals surface area contributed by atoms with E-state index in [9.17, 15) is 27.6 Å². The Hall–Kier alpha value is -5.65. The molecule has 0 saturated heterocycles. The van der Waals surface area contributed by atoms with Crippen LogP contribution in [0.2, 0.25) is 0 Å². The summed E-state index contributed by atoms with van der Waals surface area (Å²) in [6.45, 7) is 0. The minimum Gasteiger partial charge on any atom is -0.497 e. The zero-order chi connectivity index (χ0) is 32.2. The Kier molecular flexibility index (Phi) is 9.03. The molecule has 0 aliphatic heterocycles. The van der Waals surface area contributed by atoms with Crippen molar-refractivity contribution < 1.29 is 52.3 Å². The molecule has 0 aliphatic rings. The van der Waals surface area contributed by atoms with Gasteiger partial charge in [0.15, 0.2) is 17.1 Å². The Morgan fingerprint density at radius 1 is 0.682 bits per heavy atom. The number of fused-ring (bicyclic) bond motifs is 3. The van der Waals surface area contributed by atoms with Gasteiger partial charge >= 0.3 is 24.3 Å². The van der Waals surface area contributed by atoms with Crippen molar-refractivity contribution in [3.63, 3.8) is 0 Å². The molecule has 0 spiro atoms. The number of carboxylic acids is 3. The average molecular weight is 679 g/mol. The van der Waals surface area contributed by atoms with E-state index in [2.05, 4.69) is 51.3 Å². The molecule has 0 amide bonds. The summed E-state index contributed by atoms with van der Waals surface area (Å²) in [4.78, 5) is 32.2. The average Bonchev–Trinajstić information content (AvgIpc) is 3.68. The number of hydrogen-bond acceptors (Lipinski definition) is 8. The number of H-pyrrole nitrogens is 3. The summed E-state index contributed by atoms with van der Waals surface area (Å²) < 4.78 is 45.4. The molecule has 18 heteroatoms. The fraction of sp³-hybridized carbons (Fsp3) is 0.0769. The predicted octanol–water partition coefficient (Wildman–Crippen LogP) is 5.45. The van der Waals surface area contributed by atoms with Gasteiger partial charge in [0.25, 0.3) is 0 Å². The van der Waals surface area contributed by atoms with Crippen molar-refractivity contribution in [2.75, 3.05) is 7.11 Å². The lowest BCUT2D eigenvalue weighted by Crippen LogP contribution is -2.17. The van der Waals surface area contributed by atoms with Crippen molar-refractivity contribution in [2.45, 2.75) is 6.36 Å². The van der Waals surface area contributed by atoms with Crippen LogP contribution in [0.25, 0.3) is 32.7 Å². The van der Waals surface area contributed by atoms with Crippen LogP contribution in [0.1, 0.15) is 31.5 Å². The summed E-state index contributed by atoms with van der Waals surface area (Å²) in [5.74, 6) is -3.29. The molecule has 3 aromatic carbocycles. The van der Waals surface area contributed by atoms with Gasteiger partial charge in [-0.25, -0.2) is 14.4 Å². The van der Waals surface area contributed by atoms with Crippen LogP contribution in [0, 0.1) is 0 Å². The lowest BCUT2D eigenvalue weighted by molar-refractivity contribution is -0.274. The van der Waals surface area contributed by atoms with Gasteiger partial charge in [0.05, 0.1) is 23.7 Å². The van der Waals surface area contributed by atoms with E-state index >= 15 is 0 Å². The Balaban J connectivity index is 0.000000152. The summed E-state index contributed by atoms with van der Waals surface area (Å²) in [5, 5.41) is 46.1. The van der Waals surface area contributed by atoms with Crippen LogP contribution < -0.4 is 9.47 Å². The Labute approximate surface area is 250 Å². The molecule has 44 heavy (non-hydrogen) atoms. The largest absolute Gasteiger partial charge is 0.573 e. The number of halogens is 4. The van der Waals surface area contributed by atoms with E-state index < -0.39 is 30.0 Å². The zero-order valence-electron chi connectivity index (χ0n) is 21.9. The molecule has 0 saturated carbocycles. The maximum Gasteiger partial charge on any atom is 0.573 e. The van der Waals surface area contributed by atoms with E-state index in [1.807, 2.05) is 6.07 Å². The van der Waals surface area contributed by atoms with E-state index in [1.54, 1.807) is 30.3 Å². The summed E-state index contributed by atoms with van der Waals surface area (Å²) in [6, 6.07) is 13.7. The van der Waals surface area contributed by atoms with Crippen LogP contribution in [0.4, 0.5) is 13.2 Å². The second kappa shape index (κ2) is 12.7. The van der Waals surface area contributed by atoms with E-state index in [0.717, 1.165) is 22.1 Å². The van der Waals surface area contributed by atoms with Gasteiger partial charge < -0.3 is 24.8 Å². The van der Waals surface area contributed by atoms with Gasteiger partial charge in [-0.3, -0.25) is 15.3 Å². The smallest absolute Gasteiger partial charge is 0.497 e. The highest BCUT2D eigenvalue weighted by molar-refractivity contribution is 9.10. The highest BCUT2D eigenvalue weighted by Gasteiger charge is 2.31. The topological polar surface area (TPSA) is 216 Å². The van der Waals surface area contributed by atoms with E-state index in [-0.39, 0.29) is 22.5 Å². The van der Waals surface area contributed by atoms with Gasteiger partial charge in [-0.05, 0) is 54.6 Å². The summed E-state index contributed by atoms with van der Waals surface area (Å²) in [5.41, 5.74) is 1.43. The Morgan fingerprint density at radius 3 is 1.48 bits per heavy atom. The summed E-state index contributed by atoms with van der Waals surface area (Å²) >= 11 is 3.27. The second-order valence-corrected chi connectivity index (χ2v) is 9.40. The third-order valence-electron chi connectivity index (χ3n) is 5.67. The number of nitrogens with one attached hydrogen (secondary N) is 3. The van der Waals surface area contributed by atoms with E-state index in [0.29, 0.717) is 27.6 Å². The van der Waals surface area contributed by atoms with Crippen LogP contribution in [0.3, 0.4) is 0 Å². The first-order chi connectivity index (χ1) is 20.8. The molecular formula is C26H18BrF3N6O8. The number of hydrogen-bond donors (Lipinski definition) is 6. The Morgan fingerprint density at radius 2 is 1.07 bits per heavy atom. The maximum atomic E-state index is 12.0. The number of benzene rings is 3. The van der Waals surface area contributed by atoms with Crippen molar-refractivity contribution in [1.29, 1.82) is 0 Å². The SMILES string of the molecule is COc1ccc2[nH]nc(C(=O)O)c2c1.O=C(O)c1n[nH]c2ccc(Br)cc12.O=C(O)c1n[nH]c2ccc(OC(F)(F)F)cc12. The standard InChI is InChI=1S/C9H5F3N2O3.C9H8N2O3.C8H5BrN2O2/c10-9(11,12)17-4-1-2-6-5(3-4)7(8(15)16)14-13-6;1-14-5-2-3-7-6(4-5)8(9(12)13)11-10-7;9-4-1-2-6-5(3-4)7(8(12)13)11-10-6/h1-3H,(H,13,14)(H,15,16);2-4H,1H3,(H,10,11)(H,12,13);1-3H,(H,10,11)(H,12,13). The molecule has 0 unspecified atom stereocenters. The zero-order valence-corrected chi connectivity index (χ0v) is 23.5. The normalized spacial score (nSPS) is 10.9. The number of aromatic amines is 3. The molecule has 0 bridgehead atoms. The molecule has 3 aromatic heterocycles. The van der Waals surface area contributed by atoms with Crippen LogP contribution in [0.15, 0.2) is 59.1 Å². The molecule has 6 aromatic rings. The highest BCUT2D eigenvalue weighted by Crippen LogP contribution is 2.27. The van der Waals surface area contributed by atoms with Crippen molar-refractivity contribution in [3.8, 4) is 11.5 Å². The molecule has 0 aliphatic carbocycles. The Bertz CT molecular complexity index is 2000. The fourth-order valence-corrected chi connectivity index (χ4v) is 4.15. The van der Waals surface area contributed by atoms with Crippen molar-refractivity contribution in [3.05, 3.63) is 76.2 Å². The van der Waals surface area contributed by atoms with Crippen LogP contribution in [-0.4, -0.2) is 77.3 Å². The van der Waals surface area contributed by atoms with Gasteiger partial charge in [-0.1, -0.05) is 15.9 Å². The summed E-state index contributed by atoms with van der Waals surface area (Å²) in [6.07, 6.45) is -4.82. The third kappa shape index (κ3) is 7.21. The lowest BCUT2D eigenvalue weighted by atomic mass is 10.2. The van der Waals surface area contributed by atoms with Crippen molar-refractivity contribution in [2.24, 2.45) is 0 Å². The van der Waals surface area contributed by atoms with E-state index in [1.165, 1.54) is 13.2 Å². The monoisotopic (exact) mass is 678 g/mol. The number of aromatic carboxylic acids is 3. The molecule has 3 heterocycles. The van der Waals surface area contributed by atoms with Crippen LogP contribution in [0.5, 0.6) is 11.5 Å². The first-order valence-corrected chi connectivity index (χ1v) is 12.7.